The van der Waals surface area contributed by atoms with Crippen molar-refractivity contribution in [3.05, 3.63) is 0 Å². The van der Waals surface area contributed by atoms with E-state index < -0.39 is 11.9 Å². The third-order valence-corrected chi connectivity index (χ3v) is 3.64. The van der Waals surface area contributed by atoms with Crippen LogP contribution in [0.2, 0.25) is 0 Å². The summed E-state index contributed by atoms with van der Waals surface area (Å²) in [5.41, 5.74) is -0.475. The van der Waals surface area contributed by atoms with Gasteiger partial charge in [-0.25, -0.2) is 4.79 Å². The van der Waals surface area contributed by atoms with Gasteiger partial charge in [0.1, 0.15) is 5.60 Å². The average Bonchev–Trinajstić information content (AvgIpc) is 2.50. The molecule has 0 saturated carbocycles. The van der Waals surface area contributed by atoms with Crippen LogP contribution in [0, 0.1) is 11.8 Å². The Morgan fingerprint density at radius 2 is 1.89 bits per heavy atom. The van der Waals surface area contributed by atoms with Crippen LogP contribution >= 0.6 is 0 Å². The summed E-state index contributed by atoms with van der Waals surface area (Å²) < 4.78 is 5.36. The summed E-state index contributed by atoms with van der Waals surface area (Å²) in [6.07, 6.45) is 1.03. The first kappa shape index (κ1) is 16.2. The number of carbonyl (C=O) groups is 1. The van der Waals surface area contributed by atoms with E-state index in [4.69, 9.17) is 4.74 Å². The number of hydrogen-bond acceptors (Lipinski definition) is 4. The Balaban J connectivity index is 2.52. The maximum atomic E-state index is 12.0. The van der Waals surface area contributed by atoms with E-state index in [1.807, 2.05) is 27.7 Å². The van der Waals surface area contributed by atoms with E-state index in [0.29, 0.717) is 13.1 Å². The molecule has 1 rings (SSSR count). The van der Waals surface area contributed by atoms with Gasteiger partial charge in [-0.05, 0) is 46.0 Å². The van der Waals surface area contributed by atoms with E-state index >= 15 is 0 Å². The molecule has 0 bridgehead atoms. The first-order chi connectivity index (χ1) is 8.70. The zero-order chi connectivity index (χ0) is 14.6. The highest BCUT2D eigenvalue weighted by molar-refractivity contribution is 5.68. The second kappa shape index (κ2) is 6.57. The van der Waals surface area contributed by atoms with Crippen LogP contribution in [0.25, 0.3) is 0 Å². The van der Waals surface area contributed by atoms with Crippen molar-refractivity contribution in [3.8, 4) is 0 Å². The normalized spacial score (nSPS) is 23.1. The molecule has 112 valence electrons. The number of aliphatic hydroxyl groups is 2. The molecule has 5 heteroatoms. The van der Waals surface area contributed by atoms with Crippen LogP contribution in [0.1, 0.15) is 47.0 Å². The Morgan fingerprint density at radius 1 is 1.26 bits per heavy atom. The smallest absolute Gasteiger partial charge is 0.410 e. The summed E-state index contributed by atoms with van der Waals surface area (Å²) in [5.74, 6) is 0.0889. The number of carbonyl (C=O) groups excluding carboxylic acids is 1. The predicted octanol–water partition coefficient (Wildman–Crippen LogP) is 1.97. The van der Waals surface area contributed by atoms with Gasteiger partial charge in [-0.3, -0.25) is 0 Å². The van der Waals surface area contributed by atoms with Crippen molar-refractivity contribution in [2.45, 2.75) is 58.8 Å². The van der Waals surface area contributed by atoms with Crippen LogP contribution in [-0.2, 0) is 4.74 Å². The first-order valence-electron chi connectivity index (χ1n) is 7.05. The Morgan fingerprint density at radius 3 is 2.42 bits per heavy atom. The average molecular weight is 273 g/mol. The van der Waals surface area contributed by atoms with Gasteiger partial charge in [-0.1, -0.05) is 6.92 Å². The number of ether oxygens (including phenoxy) is 1. The SMILES string of the molecule is CC(C(O)O)C1CCCN(C(=O)OC(C)(C)C)CC1. The molecule has 1 fully saturated rings. The number of nitrogens with zero attached hydrogens (tertiary/aromatic N) is 1. The van der Waals surface area contributed by atoms with E-state index in [-0.39, 0.29) is 17.9 Å². The van der Waals surface area contributed by atoms with Crippen molar-refractivity contribution in [2.75, 3.05) is 13.1 Å². The lowest BCUT2D eigenvalue weighted by Crippen LogP contribution is -2.37. The molecule has 0 aromatic heterocycles. The zero-order valence-corrected chi connectivity index (χ0v) is 12.4. The lowest BCUT2D eigenvalue weighted by atomic mass is 9.87. The lowest BCUT2D eigenvalue weighted by molar-refractivity contribution is -0.0958. The van der Waals surface area contributed by atoms with Gasteiger partial charge in [0.2, 0.25) is 0 Å². The maximum Gasteiger partial charge on any atom is 0.410 e. The molecule has 5 nitrogen and oxygen atoms in total. The fraction of sp³-hybridized carbons (Fsp3) is 0.929. The minimum atomic E-state index is -1.28. The fourth-order valence-corrected chi connectivity index (χ4v) is 2.40. The second-order valence-corrected chi connectivity index (χ2v) is 6.43. The minimum absolute atomic E-state index is 0.154. The summed E-state index contributed by atoms with van der Waals surface area (Å²) in [7, 11) is 0. The molecule has 0 aromatic rings. The highest BCUT2D eigenvalue weighted by Gasteiger charge is 2.29. The van der Waals surface area contributed by atoms with Crippen molar-refractivity contribution < 1.29 is 19.7 Å². The van der Waals surface area contributed by atoms with Crippen molar-refractivity contribution >= 4 is 6.09 Å². The number of amides is 1. The molecule has 2 N–H and O–H groups in total. The number of rotatable bonds is 2. The molecule has 1 heterocycles. The summed E-state index contributed by atoms with van der Waals surface area (Å²) in [6.45, 7) is 8.72. The largest absolute Gasteiger partial charge is 0.444 e. The summed E-state index contributed by atoms with van der Waals surface area (Å²) in [6, 6.07) is 0. The standard InChI is InChI=1S/C14H27NO4/c1-10(12(16)17)11-6-5-8-15(9-7-11)13(18)19-14(2,3)4/h10-12,16-17H,5-9H2,1-4H3. The molecule has 1 aliphatic rings. The number of hydrogen-bond donors (Lipinski definition) is 2. The third kappa shape index (κ3) is 5.37. The molecule has 1 amide bonds. The quantitative estimate of drug-likeness (QED) is 0.755. The Bertz CT molecular complexity index is 298. The van der Waals surface area contributed by atoms with Crippen LogP contribution in [0.5, 0.6) is 0 Å². The molecular formula is C14H27NO4. The van der Waals surface area contributed by atoms with Gasteiger partial charge in [0, 0.05) is 19.0 Å². The van der Waals surface area contributed by atoms with Crippen LogP contribution in [0.3, 0.4) is 0 Å². The molecule has 2 unspecified atom stereocenters. The first-order valence-corrected chi connectivity index (χ1v) is 7.05. The molecule has 1 saturated heterocycles. The summed E-state index contributed by atoms with van der Waals surface area (Å²) in [4.78, 5) is 13.7. The molecule has 0 aromatic carbocycles. The van der Waals surface area contributed by atoms with Crippen molar-refractivity contribution in [1.82, 2.24) is 4.90 Å². The molecule has 0 aliphatic carbocycles. The number of likely N-dealkylation sites (tertiary alicyclic amines) is 1. The van der Waals surface area contributed by atoms with E-state index in [1.54, 1.807) is 4.90 Å². The van der Waals surface area contributed by atoms with Crippen LogP contribution in [0.4, 0.5) is 4.79 Å². The maximum absolute atomic E-state index is 12.0. The second-order valence-electron chi connectivity index (χ2n) is 6.43. The van der Waals surface area contributed by atoms with Gasteiger partial charge >= 0.3 is 6.09 Å². The van der Waals surface area contributed by atoms with Gasteiger partial charge in [-0.2, -0.15) is 0 Å². The van der Waals surface area contributed by atoms with E-state index in [1.165, 1.54) is 0 Å². The Hall–Kier alpha value is -0.810. The van der Waals surface area contributed by atoms with E-state index in [0.717, 1.165) is 19.3 Å². The van der Waals surface area contributed by atoms with Crippen LogP contribution in [0.15, 0.2) is 0 Å². The summed E-state index contributed by atoms with van der Waals surface area (Å²) in [5, 5.41) is 18.5. The molecular weight excluding hydrogens is 246 g/mol. The Kier molecular flexibility index (Phi) is 5.62. The Labute approximate surface area is 115 Å². The van der Waals surface area contributed by atoms with Gasteiger partial charge in [0.05, 0.1) is 0 Å². The van der Waals surface area contributed by atoms with Gasteiger partial charge in [0.15, 0.2) is 6.29 Å². The van der Waals surface area contributed by atoms with E-state index in [9.17, 15) is 15.0 Å². The van der Waals surface area contributed by atoms with Gasteiger partial charge < -0.3 is 19.8 Å². The molecule has 2 atom stereocenters. The third-order valence-electron chi connectivity index (χ3n) is 3.64. The summed E-state index contributed by atoms with van der Waals surface area (Å²) >= 11 is 0. The van der Waals surface area contributed by atoms with Gasteiger partial charge in [-0.15, -0.1) is 0 Å². The minimum Gasteiger partial charge on any atom is -0.444 e. The molecule has 1 aliphatic heterocycles. The zero-order valence-electron chi connectivity index (χ0n) is 12.4. The van der Waals surface area contributed by atoms with E-state index in [2.05, 4.69) is 0 Å². The van der Waals surface area contributed by atoms with Gasteiger partial charge in [0.25, 0.3) is 0 Å². The van der Waals surface area contributed by atoms with Crippen molar-refractivity contribution in [3.63, 3.8) is 0 Å². The van der Waals surface area contributed by atoms with Crippen LogP contribution in [-0.4, -0.2) is 46.2 Å². The topological polar surface area (TPSA) is 70.0 Å². The predicted molar refractivity (Wildman–Crippen MR) is 72.5 cm³/mol. The molecule has 19 heavy (non-hydrogen) atoms. The highest BCUT2D eigenvalue weighted by Crippen LogP contribution is 2.27. The molecule has 0 spiro atoms. The molecule has 0 radical (unpaired) electrons. The lowest BCUT2D eigenvalue weighted by Gasteiger charge is -2.27. The van der Waals surface area contributed by atoms with Crippen LogP contribution < -0.4 is 0 Å². The number of aliphatic hydroxyl groups excluding tert-OH is 1. The van der Waals surface area contributed by atoms with Crippen molar-refractivity contribution in [1.29, 1.82) is 0 Å². The fourth-order valence-electron chi connectivity index (χ4n) is 2.40. The monoisotopic (exact) mass is 273 g/mol. The highest BCUT2D eigenvalue weighted by atomic mass is 16.6. The van der Waals surface area contributed by atoms with Crippen molar-refractivity contribution in [2.24, 2.45) is 11.8 Å².